The fraction of sp³-hybridized carbons (Fsp3) is 1.00. The van der Waals surface area contributed by atoms with Crippen LogP contribution < -0.4 is 0 Å². The minimum Gasteiger partial charge on any atom is -0.396 e. The van der Waals surface area contributed by atoms with Gasteiger partial charge >= 0.3 is 0 Å². The van der Waals surface area contributed by atoms with Crippen molar-refractivity contribution in [2.45, 2.75) is 19.3 Å². The van der Waals surface area contributed by atoms with E-state index in [0.29, 0.717) is 25.0 Å². The van der Waals surface area contributed by atoms with Crippen LogP contribution in [-0.4, -0.2) is 23.4 Å². The van der Waals surface area contributed by atoms with Crippen molar-refractivity contribution in [1.29, 1.82) is 0 Å². The second kappa shape index (κ2) is 2.71. The molecule has 0 radical (unpaired) electrons. The summed E-state index contributed by atoms with van der Waals surface area (Å²) in [6.07, 6.45) is 3.76. The third-order valence-corrected chi connectivity index (χ3v) is 4.91. The van der Waals surface area contributed by atoms with E-state index in [4.69, 9.17) is 10.2 Å². The normalized spacial score (nSPS) is 57.7. The van der Waals surface area contributed by atoms with Gasteiger partial charge in [-0.3, -0.25) is 0 Å². The highest BCUT2D eigenvalue weighted by Gasteiger charge is 2.62. The number of hydrogen-bond donors (Lipinski definition) is 2. The van der Waals surface area contributed by atoms with Gasteiger partial charge in [0.05, 0.1) is 0 Å². The van der Waals surface area contributed by atoms with Crippen molar-refractivity contribution in [2.24, 2.45) is 35.5 Å². The molecule has 3 rings (SSSR count). The fourth-order valence-corrected chi connectivity index (χ4v) is 4.30. The van der Waals surface area contributed by atoms with Crippen LogP contribution in [0, 0.1) is 35.5 Å². The van der Waals surface area contributed by atoms with Crippen LogP contribution in [0.5, 0.6) is 0 Å². The number of hydrogen-bond acceptors (Lipinski definition) is 2. The van der Waals surface area contributed by atoms with Crippen molar-refractivity contribution in [3.63, 3.8) is 0 Å². The van der Waals surface area contributed by atoms with Crippen LogP contribution >= 0.6 is 0 Å². The van der Waals surface area contributed by atoms with Crippen LogP contribution in [0.1, 0.15) is 19.3 Å². The third kappa shape index (κ3) is 0.909. The Balaban J connectivity index is 1.67. The molecule has 2 heteroatoms. The summed E-state index contributed by atoms with van der Waals surface area (Å²) in [7, 11) is 0. The molecular formula is C11H18O2. The zero-order valence-electron chi connectivity index (χ0n) is 7.89. The van der Waals surface area contributed by atoms with Crippen LogP contribution in [-0.2, 0) is 0 Å². The molecule has 6 atom stereocenters. The van der Waals surface area contributed by atoms with Crippen LogP contribution in [0.15, 0.2) is 0 Å². The molecular weight excluding hydrogens is 164 g/mol. The van der Waals surface area contributed by atoms with E-state index in [2.05, 4.69) is 0 Å². The van der Waals surface area contributed by atoms with Crippen molar-refractivity contribution in [1.82, 2.24) is 0 Å². The number of aliphatic hydroxyl groups is 2. The first-order valence-corrected chi connectivity index (χ1v) is 5.57. The summed E-state index contributed by atoms with van der Waals surface area (Å²) in [5.41, 5.74) is 0. The van der Waals surface area contributed by atoms with Crippen LogP contribution in [0.4, 0.5) is 0 Å². The van der Waals surface area contributed by atoms with Gasteiger partial charge in [-0.1, -0.05) is 0 Å². The van der Waals surface area contributed by atoms with E-state index in [-0.39, 0.29) is 0 Å². The van der Waals surface area contributed by atoms with Gasteiger partial charge in [-0.15, -0.1) is 0 Å². The smallest absolute Gasteiger partial charge is 0.0462 e. The van der Waals surface area contributed by atoms with Gasteiger partial charge in [-0.25, -0.2) is 0 Å². The zero-order chi connectivity index (χ0) is 9.00. The predicted molar refractivity (Wildman–Crippen MR) is 49.0 cm³/mol. The van der Waals surface area contributed by atoms with E-state index in [1.165, 1.54) is 19.3 Å². The minimum atomic E-state index is 0.385. The molecule has 0 aliphatic heterocycles. The van der Waals surface area contributed by atoms with Gasteiger partial charge in [0.25, 0.3) is 0 Å². The fourth-order valence-electron chi connectivity index (χ4n) is 4.30. The molecule has 0 bridgehead atoms. The van der Waals surface area contributed by atoms with E-state index >= 15 is 0 Å². The number of rotatable bonds is 2. The molecule has 0 aromatic rings. The van der Waals surface area contributed by atoms with Crippen molar-refractivity contribution in [3.8, 4) is 0 Å². The Hall–Kier alpha value is -0.0800. The number of fused-ring (bicyclic) bond motifs is 4. The lowest BCUT2D eigenvalue weighted by Gasteiger charge is -2.61. The van der Waals surface area contributed by atoms with Crippen LogP contribution in [0.25, 0.3) is 0 Å². The Morgan fingerprint density at radius 1 is 0.846 bits per heavy atom. The van der Waals surface area contributed by atoms with Crippen LogP contribution in [0.2, 0.25) is 0 Å². The number of aliphatic hydroxyl groups excluding tert-OH is 2. The molecule has 2 nitrogen and oxygen atoms in total. The second-order valence-corrected chi connectivity index (χ2v) is 5.27. The summed E-state index contributed by atoms with van der Waals surface area (Å²) in [6.45, 7) is 0.782. The average Bonchev–Trinajstić information content (AvgIpc) is 2.45. The van der Waals surface area contributed by atoms with E-state index in [1.54, 1.807) is 0 Å². The maximum atomic E-state index is 9.10. The predicted octanol–water partition coefficient (Wildman–Crippen LogP) is 0.879. The van der Waals surface area contributed by atoms with Crippen molar-refractivity contribution in [3.05, 3.63) is 0 Å². The molecule has 0 heterocycles. The molecule has 3 aliphatic rings. The molecule has 2 N–H and O–H groups in total. The first kappa shape index (κ1) is 8.25. The Morgan fingerprint density at radius 2 is 1.54 bits per heavy atom. The van der Waals surface area contributed by atoms with E-state index in [1.807, 2.05) is 0 Å². The highest BCUT2D eigenvalue weighted by atomic mass is 16.3. The van der Waals surface area contributed by atoms with Crippen LogP contribution in [0.3, 0.4) is 0 Å². The monoisotopic (exact) mass is 182 g/mol. The molecule has 3 fully saturated rings. The summed E-state index contributed by atoms with van der Waals surface area (Å²) in [5.74, 6) is 4.76. The SMILES string of the molecule is OCC1CC2C(C1)C1C(CO)CC21. The average molecular weight is 182 g/mol. The molecule has 0 aromatic heterocycles. The lowest BCUT2D eigenvalue weighted by atomic mass is 9.44. The largest absolute Gasteiger partial charge is 0.396 e. The van der Waals surface area contributed by atoms with Gasteiger partial charge in [0, 0.05) is 13.2 Å². The molecule has 13 heavy (non-hydrogen) atoms. The highest BCUT2D eigenvalue weighted by molar-refractivity contribution is 5.10. The topological polar surface area (TPSA) is 40.5 Å². The Morgan fingerprint density at radius 3 is 2.23 bits per heavy atom. The maximum Gasteiger partial charge on any atom is 0.0462 e. The first-order valence-electron chi connectivity index (χ1n) is 5.57. The molecule has 6 unspecified atom stereocenters. The summed E-state index contributed by atoms with van der Waals surface area (Å²) in [6, 6.07) is 0. The van der Waals surface area contributed by atoms with Gasteiger partial charge in [0.1, 0.15) is 0 Å². The molecule has 3 aliphatic carbocycles. The molecule has 0 saturated heterocycles. The molecule has 74 valence electrons. The molecule has 3 saturated carbocycles. The Labute approximate surface area is 79.0 Å². The lowest BCUT2D eigenvalue weighted by Crippen LogP contribution is -2.57. The van der Waals surface area contributed by atoms with E-state index in [9.17, 15) is 0 Å². The van der Waals surface area contributed by atoms with E-state index in [0.717, 1.165) is 23.7 Å². The third-order valence-electron chi connectivity index (χ3n) is 4.91. The second-order valence-electron chi connectivity index (χ2n) is 5.27. The molecule has 0 amide bonds. The summed E-state index contributed by atoms with van der Waals surface area (Å²) in [5, 5.41) is 18.2. The van der Waals surface area contributed by atoms with Crippen molar-refractivity contribution >= 4 is 0 Å². The summed E-state index contributed by atoms with van der Waals surface area (Å²) in [4.78, 5) is 0. The van der Waals surface area contributed by atoms with Gasteiger partial charge in [0.2, 0.25) is 0 Å². The van der Waals surface area contributed by atoms with Gasteiger partial charge in [-0.2, -0.15) is 0 Å². The summed E-state index contributed by atoms with van der Waals surface area (Å²) < 4.78 is 0. The standard InChI is InChI=1S/C11H18O2/c12-4-6-1-8-9(2-6)11-7(5-13)3-10(8)11/h6-13H,1-5H2. The van der Waals surface area contributed by atoms with E-state index < -0.39 is 0 Å². The highest BCUT2D eigenvalue weighted by Crippen LogP contribution is 2.67. The van der Waals surface area contributed by atoms with Crippen molar-refractivity contribution in [2.75, 3.05) is 13.2 Å². The molecule has 0 aromatic carbocycles. The molecule has 0 spiro atoms. The summed E-state index contributed by atoms with van der Waals surface area (Å²) >= 11 is 0. The minimum absolute atomic E-state index is 0.385. The first-order chi connectivity index (χ1) is 6.35. The zero-order valence-corrected chi connectivity index (χ0v) is 7.89. The Bertz CT molecular complexity index is 214. The lowest BCUT2D eigenvalue weighted by molar-refractivity contribution is -0.150. The van der Waals surface area contributed by atoms with Gasteiger partial charge in [0.15, 0.2) is 0 Å². The maximum absolute atomic E-state index is 9.10. The van der Waals surface area contributed by atoms with Crippen molar-refractivity contribution < 1.29 is 10.2 Å². The Kier molecular flexibility index (Phi) is 1.72. The quantitative estimate of drug-likeness (QED) is 0.665. The van der Waals surface area contributed by atoms with Gasteiger partial charge < -0.3 is 10.2 Å². The van der Waals surface area contributed by atoms with Gasteiger partial charge in [-0.05, 0) is 54.8 Å².